The average Bonchev–Trinajstić information content (AvgIpc) is 2.45. The summed E-state index contributed by atoms with van der Waals surface area (Å²) in [5.41, 5.74) is 6.50. The molecule has 1 aromatic rings. The quantitative estimate of drug-likeness (QED) is 0.915. The van der Waals surface area contributed by atoms with Gasteiger partial charge in [-0.1, -0.05) is 37.1 Å². The molecule has 1 aromatic carbocycles. The minimum Gasteiger partial charge on any atom is -0.329 e. The summed E-state index contributed by atoms with van der Waals surface area (Å²) in [5.74, 6) is 0.483. The molecule has 1 heterocycles. The van der Waals surface area contributed by atoms with Gasteiger partial charge >= 0.3 is 0 Å². The summed E-state index contributed by atoms with van der Waals surface area (Å²) in [7, 11) is 0. The number of hydrogen-bond donors (Lipinski definition) is 1. The van der Waals surface area contributed by atoms with Crippen LogP contribution in [-0.4, -0.2) is 24.5 Å². The normalized spacial score (nSPS) is 19.6. The van der Waals surface area contributed by atoms with Crippen LogP contribution >= 0.6 is 11.6 Å². The van der Waals surface area contributed by atoms with E-state index in [0.717, 1.165) is 19.0 Å². The Hall–Kier alpha value is -0.640. The third kappa shape index (κ3) is 3.28. The second-order valence-electron chi connectivity index (χ2n) is 5.28. The Labute approximate surface area is 119 Å². The van der Waals surface area contributed by atoms with Crippen molar-refractivity contribution >= 4 is 11.6 Å². The third-order valence-electron chi connectivity index (χ3n) is 4.23. The Bertz CT molecular complexity index is 417. The topological polar surface area (TPSA) is 29.3 Å². The number of rotatable bonds is 4. The first kappa shape index (κ1) is 14.8. The summed E-state index contributed by atoms with van der Waals surface area (Å²) in [4.78, 5) is 2.29. The van der Waals surface area contributed by atoms with Crippen LogP contribution in [0.4, 0.5) is 4.39 Å². The van der Waals surface area contributed by atoms with Crippen LogP contribution in [0.2, 0.25) is 5.02 Å². The van der Waals surface area contributed by atoms with Gasteiger partial charge in [0.15, 0.2) is 0 Å². The van der Waals surface area contributed by atoms with Gasteiger partial charge in [0.1, 0.15) is 5.82 Å². The number of nitrogens with two attached hydrogens (primary N) is 1. The van der Waals surface area contributed by atoms with Crippen molar-refractivity contribution in [2.45, 2.75) is 32.2 Å². The molecule has 1 aliphatic rings. The zero-order valence-corrected chi connectivity index (χ0v) is 12.2. The van der Waals surface area contributed by atoms with E-state index in [4.69, 9.17) is 17.3 Å². The zero-order valence-electron chi connectivity index (χ0n) is 11.4. The Morgan fingerprint density at radius 3 is 2.68 bits per heavy atom. The molecular weight excluding hydrogens is 263 g/mol. The lowest BCUT2D eigenvalue weighted by molar-refractivity contribution is 0.132. The lowest BCUT2D eigenvalue weighted by Gasteiger charge is -2.37. The highest BCUT2D eigenvalue weighted by atomic mass is 35.5. The maximum absolute atomic E-state index is 14.1. The molecule has 1 saturated heterocycles. The van der Waals surface area contributed by atoms with Gasteiger partial charge in [0.25, 0.3) is 0 Å². The predicted octanol–water partition coefficient (Wildman–Crippen LogP) is 3.60. The molecule has 2 nitrogen and oxygen atoms in total. The maximum atomic E-state index is 14.1. The van der Waals surface area contributed by atoms with Gasteiger partial charge in [-0.25, -0.2) is 4.39 Å². The molecule has 0 radical (unpaired) electrons. The molecule has 1 unspecified atom stereocenters. The van der Waals surface area contributed by atoms with Gasteiger partial charge in [0, 0.05) is 18.2 Å². The first-order valence-electron chi connectivity index (χ1n) is 7.05. The highest BCUT2D eigenvalue weighted by Crippen LogP contribution is 2.30. The monoisotopic (exact) mass is 284 g/mol. The van der Waals surface area contributed by atoms with Crippen LogP contribution in [0.1, 0.15) is 37.8 Å². The van der Waals surface area contributed by atoms with Crippen molar-refractivity contribution in [2.24, 2.45) is 11.7 Å². The van der Waals surface area contributed by atoms with E-state index in [2.05, 4.69) is 11.8 Å². The molecule has 0 bridgehead atoms. The van der Waals surface area contributed by atoms with E-state index in [9.17, 15) is 4.39 Å². The maximum Gasteiger partial charge on any atom is 0.146 e. The van der Waals surface area contributed by atoms with Crippen molar-refractivity contribution in [3.63, 3.8) is 0 Å². The first-order valence-corrected chi connectivity index (χ1v) is 7.43. The van der Waals surface area contributed by atoms with Crippen molar-refractivity contribution in [1.29, 1.82) is 0 Å². The van der Waals surface area contributed by atoms with Crippen molar-refractivity contribution in [1.82, 2.24) is 4.90 Å². The summed E-state index contributed by atoms with van der Waals surface area (Å²) in [6.07, 6.45) is 3.58. The Kier molecular flexibility index (Phi) is 5.20. The van der Waals surface area contributed by atoms with Crippen LogP contribution in [0.5, 0.6) is 0 Å². The number of likely N-dealkylation sites (tertiary alicyclic amines) is 1. The van der Waals surface area contributed by atoms with Crippen molar-refractivity contribution in [3.8, 4) is 0 Å². The Morgan fingerprint density at radius 2 is 2.11 bits per heavy atom. The summed E-state index contributed by atoms with van der Waals surface area (Å²) in [6.45, 7) is 4.64. The number of nitrogens with zero attached hydrogens (tertiary/aromatic N) is 1. The average molecular weight is 285 g/mol. The van der Waals surface area contributed by atoms with Gasteiger partial charge in [0.05, 0.1) is 5.02 Å². The zero-order chi connectivity index (χ0) is 13.8. The van der Waals surface area contributed by atoms with Crippen LogP contribution in [0, 0.1) is 11.7 Å². The summed E-state index contributed by atoms with van der Waals surface area (Å²) >= 11 is 5.87. The highest BCUT2D eigenvalue weighted by Gasteiger charge is 2.26. The first-order chi connectivity index (χ1) is 9.17. The van der Waals surface area contributed by atoms with E-state index >= 15 is 0 Å². The van der Waals surface area contributed by atoms with Gasteiger partial charge in [-0.05, 0) is 37.9 Å². The van der Waals surface area contributed by atoms with E-state index in [0.29, 0.717) is 12.1 Å². The molecule has 0 saturated carbocycles. The van der Waals surface area contributed by atoms with Gasteiger partial charge in [0.2, 0.25) is 0 Å². The molecule has 0 spiro atoms. The predicted molar refractivity (Wildman–Crippen MR) is 77.8 cm³/mol. The van der Waals surface area contributed by atoms with Gasteiger partial charge in [-0.3, -0.25) is 4.90 Å². The molecule has 0 aliphatic carbocycles. The minimum atomic E-state index is -0.322. The molecule has 0 amide bonds. The van der Waals surface area contributed by atoms with Crippen LogP contribution in [0.15, 0.2) is 18.2 Å². The Balaban J connectivity index is 2.14. The lowest BCUT2D eigenvalue weighted by Crippen LogP contribution is -2.40. The highest BCUT2D eigenvalue weighted by molar-refractivity contribution is 6.30. The molecule has 19 heavy (non-hydrogen) atoms. The van der Waals surface area contributed by atoms with E-state index < -0.39 is 0 Å². The fourth-order valence-corrected chi connectivity index (χ4v) is 3.11. The lowest BCUT2D eigenvalue weighted by atomic mass is 9.92. The fourth-order valence-electron chi connectivity index (χ4n) is 2.92. The van der Waals surface area contributed by atoms with Gasteiger partial charge in [-0.2, -0.15) is 0 Å². The molecular formula is C15H22ClFN2. The van der Waals surface area contributed by atoms with Crippen molar-refractivity contribution in [3.05, 3.63) is 34.6 Å². The molecule has 2 N–H and O–H groups in total. The number of benzene rings is 1. The van der Waals surface area contributed by atoms with Crippen LogP contribution in [0.3, 0.4) is 0 Å². The number of hydrogen-bond acceptors (Lipinski definition) is 2. The standard InChI is InChI=1S/C15H22ClFN2/c1-2-11-6-8-19(9-7-11)14(10-18)12-4-3-5-13(16)15(12)17/h3-5,11,14H,2,6-10,18H2,1H3. The number of halogens is 2. The third-order valence-corrected chi connectivity index (χ3v) is 4.52. The smallest absolute Gasteiger partial charge is 0.146 e. The number of piperidine rings is 1. The van der Waals surface area contributed by atoms with Crippen molar-refractivity contribution < 1.29 is 4.39 Å². The second kappa shape index (κ2) is 6.69. The molecule has 1 atom stereocenters. The molecule has 106 valence electrons. The van der Waals surface area contributed by atoms with Gasteiger partial charge < -0.3 is 5.73 Å². The van der Waals surface area contributed by atoms with E-state index in [-0.39, 0.29) is 16.9 Å². The SMILES string of the molecule is CCC1CCN(C(CN)c2cccc(Cl)c2F)CC1. The minimum absolute atomic E-state index is 0.0588. The van der Waals surface area contributed by atoms with Crippen LogP contribution < -0.4 is 5.73 Å². The fraction of sp³-hybridized carbons (Fsp3) is 0.600. The summed E-state index contributed by atoms with van der Waals surface area (Å²) in [6, 6.07) is 5.11. The van der Waals surface area contributed by atoms with Crippen molar-refractivity contribution in [2.75, 3.05) is 19.6 Å². The van der Waals surface area contributed by atoms with Gasteiger partial charge in [-0.15, -0.1) is 0 Å². The molecule has 1 fully saturated rings. The molecule has 1 aliphatic heterocycles. The molecule has 0 aromatic heterocycles. The second-order valence-corrected chi connectivity index (χ2v) is 5.69. The van der Waals surface area contributed by atoms with Crippen LogP contribution in [0.25, 0.3) is 0 Å². The van der Waals surface area contributed by atoms with E-state index in [1.807, 2.05) is 0 Å². The molecule has 4 heteroatoms. The van der Waals surface area contributed by atoms with E-state index in [1.165, 1.54) is 19.3 Å². The largest absolute Gasteiger partial charge is 0.329 e. The van der Waals surface area contributed by atoms with Crippen LogP contribution in [-0.2, 0) is 0 Å². The summed E-state index contributed by atoms with van der Waals surface area (Å²) in [5, 5.41) is 0.180. The molecule has 2 rings (SSSR count). The van der Waals surface area contributed by atoms with E-state index in [1.54, 1.807) is 18.2 Å². The summed E-state index contributed by atoms with van der Waals surface area (Å²) < 4.78 is 14.1. The Morgan fingerprint density at radius 1 is 1.42 bits per heavy atom.